The van der Waals surface area contributed by atoms with Gasteiger partial charge < -0.3 is 10.2 Å². The average molecular weight is 385 g/mol. The molecule has 0 saturated carbocycles. The Hall–Kier alpha value is -3.28. The molecule has 2 aromatic heterocycles. The molecule has 0 spiro atoms. The number of nitrogens with zero attached hydrogens (tertiary/aromatic N) is 4. The lowest BCUT2D eigenvalue weighted by molar-refractivity contribution is -0.118. The number of benzene rings is 1. The van der Waals surface area contributed by atoms with Crippen LogP contribution < -0.4 is 10.2 Å². The van der Waals surface area contributed by atoms with Crippen LogP contribution in [0.5, 0.6) is 0 Å². The highest BCUT2D eigenvalue weighted by molar-refractivity contribution is 5.96. The summed E-state index contributed by atoms with van der Waals surface area (Å²) in [6.45, 7) is 2.72. The maximum atomic E-state index is 12.2. The molecule has 5 rings (SSSR count). The van der Waals surface area contributed by atoms with Gasteiger partial charge in [0.2, 0.25) is 5.91 Å². The lowest BCUT2D eigenvalue weighted by atomic mass is 10.0. The quantitative estimate of drug-likeness (QED) is 0.733. The minimum atomic E-state index is 0.205. The Morgan fingerprint density at radius 1 is 1.03 bits per heavy atom. The van der Waals surface area contributed by atoms with Gasteiger partial charge in [-0.25, -0.2) is 9.97 Å². The first-order chi connectivity index (χ1) is 14.2. The van der Waals surface area contributed by atoms with Gasteiger partial charge >= 0.3 is 0 Å². The summed E-state index contributed by atoms with van der Waals surface area (Å²) in [6, 6.07) is 10.1. The SMILES string of the molecule is CCN1C(=O)CCc2cc(Nc3nc(-c4ccncc4)nc4c3CCC4)ccc21. The average Bonchev–Trinajstić information content (AvgIpc) is 3.23. The summed E-state index contributed by atoms with van der Waals surface area (Å²) < 4.78 is 0. The summed E-state index contributed by atoms with van der Waals surface area (Å²) >= 11 is 0. The molecule has 0 atom stereocenters. The Labute approximate surface area is 170 Å². The highest BCUT2D eigenvalue weighted by atomic mass is 16.2. The van der Waals surface area contributed by atoms with Crippen LogP contribution in [-0.4, -0.2) is 27.4 Å². The molecule has 29 heavy (non-hydrogen) atoms. The van der Waals surface area contributed by atoms with Gasteiger partial charge in [0, 0.05) is 53.6 Å². The van der Waals surface area contributed by atoms with Gasteiger partial charge in [0.1, 0.15) is 5.82 Å². The Bertz CT molecular complexity index is 1080. The summed E-state index contributed by atoms with van der Waals surface area (Å²) in [5, 5.41) is 3.54. The molecule has 0 bridgehead atoms. The van der Waals surface area contributed by atoms with Crippen LogP contribution >= 0.6 is 0 Å². The van der Waals surface area contributed by atoms with E-state index in [9.17, 15) is 4.79 Å². The van der Waals surface area contributed by atoms with Gasteiger partial charge in [-0.15, -0.1) is 0 Å². The standard InChI is InChI=1S/C23H23N5O/c1-2-28-20-8-7-17(14-16(20)6-9-21(28)29)25-23-18-4-3-5-19(18)26-22(27-23)15-10-12-24-13-11-15/h7-8,10-14H,2-6,9H2,1H3,(H,25,26,27). The van der Waals surface area contributed by atoms with E-state index in [4.69, 9.17) is 9.97 Å². The second kappa shape index (κ2) is 7.28. The van der Waals surface area contributed by atoms with Crippen LogP contribution in [0.2, 0.25) is 0 Å². The normalized spacial score (nSPS) is 15.2. The van der Waals surface area contributed by atoms with Crippen molar-refractivity contribution in [1.29, 1.82) is 0 Å². The molecular weight excluding hydrogens is 362 g/mol. The van der Waals surface area contributed by atoms with E-state index in [1.165, 1.54) is 11.1 Å². The van der Waals surface area contributed by atoms with Crippen LogP contribution in [0.3, 0.4) is 0 Å². The number of aromatic nitrogens is 3. The van der Waals surface area contributed by atoms with Gasteiger partial charge in [-0.3, -0.25) is 9.78 Å². The van der Waals surface area contributed by atoms with Crippen molar-refractivity contribution in [2.45, 2.75) is 39.0 Å². The molecule has 1 aromatic carbocycles. The van der Waals surface area contributed by atoms with Crippen molar-refractivity contribution in [2.24, 2.45) is 0 Å². The van der Waals surface area contributed by atoms with Gasteiger partial charge in [-0.05, 0) is 68.5 Å². The molecule has 1 amide bonds. The molecule has 0 unspecified atom stereocenters. The lowest BCUT2D eigenvalue weighted by Gasteiger charge is -2.28. The van der Waals surface area contributed by atoms with Crippen molar-refractivity contribution in [2.75, 3.05) is 16.8 Å². The van der Waals surface area contributed by atoms with E-state index in [0.717, 1.165) is 60.0 Å². The zero-order valence-corrected chi connectivity index (χ0v) is 16.5. The van der Waals surface area contributed by atoms with Crippen LogP contribution in [0.4, 0.5) is 17.2 Å². The zero-order valence-electron chi connectivity index (χ0n) is 16.5. The van der Waals surface area contributed by atoms with E-state index in [2.05, 4.69) is 16.4 Å². The number of pyridine rings is 1. The van der Waals surface area contributed by atoms with Crippen molar-refractivity contribution in [3.05, 3.63) is 59.5 Å². The Morgan fingerprint density at radius 2 is 1.90 bits per heavy atom. The third-order valence-electron chi connectivity index (χ3n) is 5.73. The van der Waals surface area contributed by atoms with Crippen molar-refractivity contribution >= 4 is 23.1 Å². The molecule has 0 fully saturated rings. The molecule has 3 heterocycles. The molecule has 2 aliphatic rings. The fraction of sp³-hybridized carbons (Fsp3) is 0.304. The number of hydrogen-bond donors (Lipinski definition) is 1. The number of carbonyl (C=O) groups excluding carboxylic acids is 1. The van der Waals surface area contributed by atoms with Crippen molar-refractivity contribution in [3.8, 4) is 11.4 Å². The van der Waals surface area contributed by atoms with Crippen molar-refractivity contribution in [3.63, 3.8) is 0 Å². The molecule has 146 valence electrons. The topological polar surface area (TPSA) is 71.0 Å². The number of carbonyl (C=O) groups is 1. The van der Waals surface area contributed by atoms with Crippen LogP contribution in [-0.2, 0) is 24.1 Å². The number of aryl methyl sites for hydroxylation is 2. The van der Waals surface area contributed by atoms with Gasteiger partial charge in [-0.1, -0.05) is 0 Å². The summed E-state index contributed by atoms with van der Waals surface area (Å²) in [5.74, 6) is 1.83. The van der Waals surface area contributed by atoms with E-state index in [1.54, 1.807) is 12.4 Å². The summed E-state index contributed by atoms with van der Waals surface area (Å²) in [7, 11) is 0. The molecule has 3 aromatic rings. The minimum Gasteiger partial charge on any atom is -0.340 e. The molecular formula is C23H23N5O. The number of anilines is 3. The largest absolute Gasteiger partial charge is 0.340 e. The molecule has 0 radical (unpaired) electrons. The van der Waals surface area contributed by atoms with Gasteiger partial charge in [-0.2, -0.15) is 0 Å². The number of nitrogens with one attached hydrogen (secondary N) is 1. The van der Waals surface area contributed by atoms with Gasteiger partial charge in [0.15, 0.2) is 5.82 Å². The van der Waals surface area contributed by atoms with Gasteiger partial charge in [0.25, 0.3) is 0 Å². The zero-order chi connectivity index (χ0) is 19.8. The molecule has 6 heteroatoms. The smallest absolute Gasteiger partial charge is 0.227 e. The predicted octanol–water partition coefficient (Wildman–Crippen LogP) is 4.07. The molecule has 1 aliphatic heterocycles. The Kier molecular flexibility index (Phi) is 4.46. The van der Waals surface area contributed by atoms with E-state index in [-0.39, 0.29) is 5.91 Å². The first-order valence-electron chi connectivity index (χ1n) is 10.2. The molecule has 0 saturated heterocycles. The second-order valence-corrected chi connectivity index (χ2v) is 7.52. The fourth-order valence-corrected chi connectivity index (χ4v) is 4.29. The Morgan fingerprint density at radius 3 is 2.72 bits per heavy atom. The maximum absolute atomic E-state index is 12.2. The summed E-state index contributed by atoms with van der Waals surface area (Å²) in [5.41, 5.74) is 6.56. The molecule has 1 N–H and O–H groups in total. The Balaban J connectivity index is 1.51. The second-order valence-electron chi connectivity index (χ2n) is 7.52. The first-order valence-corrected chi connectivity index (χ1v) is 10.2. The third kappa shape index (κ3) is 3.24. The van der Waals surface area contributed by atoms with E-state index < -0.39 is 0 Å². The van der Waals surface area contributed by atoms with Crippen LogP contribution in [0.1, 0.15) is 36.6 Å². The summed E-state index contributed by atoms with van der Waals surface area (Å²) in [4.78, 5) is 27.8. The van der Waals surface area contributed by atoms with Crippen LogP contribution in [0.15, 0.2) is 42.7 Å². The number of fused-ring (bicyclic) bond motifs is 2. The monoisotopic (exact) mass is 385 g/mol. The number of amides is 1. The van der Waals surface area contributed by atoms with Gasteiger partial charge in [0.05, 0.1) is 0 Å². The lowest BCUT2D eigenvalue weighted by Crippen LogP contribution is -2.34. The number of rotatable bonds is 4. The van der Waals surface area contributed by atoms with Crippen LogP contribution in [0.25, 0.3) is 11.4 Å². The van der Waals surface area contributed by atoms with E-state index in [1.807, 2.05) is 36.1 Å². The predicted molar refractivity (Wildman–Crippen MR) is 113 cm³/mol. The van der Waals surface area contributed by atoms with E-state index >= 15 is 0 Å². The minimum absolute atomic E-state index is 0.205. The maximum Gasteiger partial charge on any atom is 0.227 e. The third-order valence-corrected chi connectivity index (χ3v) is 5.73. The van der Waals surface area contributed by atoms with Crippen LogP contribution in [0, 0.1) is 0 Å². The number of hydrogen-bond acceptors (Lipinski definition) is 5. The molecule has 1 aliphatic carbocycles. The highest BCUT2D eigenvalue weighted by Gasteiger charge is 2.24. The molecule has 6 nitrogen and oxygen atoms in total. The van der Waals surface area contributed by atoms with E-state index in [0.29, 0.717) is 13.0 Å². The van der Waals surface area contributed by atoms with Crippen molar-refractivity contribution in [1.82, 2.24) is 15.0 Å². The van der Waals surface area contributed by atoms with Crippen molar-refractivity contribution < 1.29 is 4.79 Å². The fourth-order valence-electron chi connectivity index (χ4n) is 4.29. The first kappa shape index (κ1) is 17.8. The highest BCUT2D eigenvalue weighted by Crippen LogP contribution is 2.34. The summed E-state index contributed by atoms with van der Waals surface area (Å²) in [6.07, 6.45) is 7.98.